The normalized spacial score (nSPS) is 12.8. The number of carbonyl (C=O) groups excluding carboxylic acids is 1. The van der Waals surface area contributed by atoms with Crippen molar-refractivity contribution >= 4 is 11.9 Å². The van der Waals surface area contributed by atoms with Gasteiger partial charge in [-0.1, -0.05) is 37.3 Å². The molecule has 1 rings (SSSR count). The summed E-state index contributed by atoms with van der Waals surface area (Å²) >= 11 is 0. The summed E-state index contributed by atoms with van der Waals surface area (Å²) in [5, 5.41) is 9.18. The van der Waals surface area contributed by atoms with E-state index in [2.05, 4.69) is 0 Å². The second-order valence-electron chi connectivity index (χ2n) is 5.54. The highest BCUT2D eigenvalue weighted by Crippen LogP contribution is 2.25. The Labute approximate surface area is 120 Å². The number of hydrogen-bond donors (Lipinski definition) is 1. The Morgan fingerprint density at radius 3 is 2.25 bits per heavy atom. The van der Waals surface area contributed by atoms with Crippen LogP contribution in [0.5, 0.6) is 0 Å². The van der Waals surface area contributed by atoms with Gasteiger partial charge in [0, 0.05) is 13.5 Å². The van der Waals surface area contributed by atoms with Crippen molar-refractivity contribution in [2.75, 3.05) is 7.05 Å². The number of amides is 1. The van der Waals surface area contributed by atoms with Crippen molar-refractivity contribution in [3.05, 3.63) is 35.9 Å². The molecule has 1 N–H and O–H groups in total. The van der Waals surface area contributed by atoms with E-state index >= 15 is 0 Å². The number of rotatable bonds is 6. The lowest BCUT2D eigenvalue weighted by Gasteiger charge is -2.32. The van der Waals surface area contributed by atoms with Crippen LogP contribution >= 0.6 is 0 Å². The van der Waals surface area contributed by atoms with Crippen LogP contribution in [0.2, 0.25) is 0 Å². The van der Waals surface area contributed by atoms with Crippen LogP contribution in [0, 0.1) is 0 Å². The van der Waals surface area contributed by atoms with E-state index in [0.29, 0.717) is 6.42 Å². The van der Waals surface area contributed by atoms with E-state index in [4.69, 9.17) is 0 Å². The molecule has 0 fully saturated rings. The molecule has 0 aromatic heterocycles. The molecule has 4 nitrogen and oxygen atoms in total. The van der Waals surface area contributed by atoms with E-state index in [1.165, 1.54) is 18.7 Å². The average Bonchev–Trinajstić information content (AvgIpc) is 2.44. The fourth-order valence-electron chi connectivity index (χ4n) is 2.03. The van der Waals surface area contributed by atoms with Gasteiger partial charge in [-0.3, -0.25) is 4.79 Å². The Morgan fingerprint density at radius 2 is 1.80 bits per heavy atom. The lowest BCUT2D eigenvalue weighted by molar-refractivity contribution is -0.155. The van der Waals surface area contributed by atoms with Crippen LogP contribution in [-0.2, 0) is 9.59 Å². The molecule has 1 amide bonds. The van der Waals surface area contributed by atoms with Crippen molar-refractivity contribution < 1.29 is 14.7 Å². The van der Waals surface area contributed by atoms with Crippen molar-refractivity contribution in [2.24, 2.45) is 0 Å². The predicted octanol–water partition coefficient (Wildman–Crippen LogP) is 2.89. The third kappa shape index (κ3) is 3.59. The summed E-state index contributed by atoms with van der Waals surface area (Å²) in [6.45, 7) is 5.11. The van der Waals surface area contributed by atoms with Gasteiger partial charge < -0.3 is 10.0 Å². The van der Waals surface area contributed by atoms with E-state index in [1.54, 1.807) is 7.05 Å². The number of benzene rings is 1. The molecule has 4 heteroatoms. The highest BCUT2D eigenvalue weighted by atomic mass is 16.4. The van der Waals surface area contributed by atoms with Crippen LogP contribution < -0.4 is 0 Å². The van der Waals surface area contributed by atoms with Crippen LogP contribution in [0.15, 0.2) is 30.3 Å². The Hall–Kier alpha value is -1.84. The molecule has 1 atom stereocenters. The largest absolute Gasteiger partial charge is 0.480 e. The molecule has 1 unspecified atom stereocenters. The molecule has 1 aromatic rings. The highest BCUT2D eigenvalue weighted by molar-refractivity contribution is 5.86. The van der Waals surface area contributed by atoms with Crippen LogP contribution in [0.1, 0.15) is 45.1 Å². The molecule has 0 bridgehead atoms. The Bertz CT molecular complexity index is 468. The summed E-state index contributed by atoms with van der Waals surface area (Å²) < 4.78 is 0. The SMILES string of the molecule is CCC(CC(=O)N(C)C(C)(C)C(=O)O)c1ccccc1. The third-order valence-corrected chi connectivity index (χ3v) is 3.92. The van der Waals surface area contributed by atoms with Gasteiger partial charge in [-0.25, -0.2) is 4.79 Å². The van der Waals surface area contributed by atoms with E-state index in [1.807, 2.05) is 37.3 Å². The quantitative estimate of drug-likeness (QED) is 0.869. The first kappa shape index (κ1) is 16.2. The minimum Gasteiger partial charge on any atom is -0.480 e. The molecule has 0 spiro atoms. The zero-order valence-electron chi connectivity index (χ0n) is 12.6. The Morgan fingerprint density at radius 1 is 1.25 bits per heavy atom. The average molecular weight is 277 g/mol. The molecule has 0 aliphatic heterocycles. The lowest BCUT2D eigenvalue weighted by atomic mass is 9.92. The van der Waals surface area contributed by atoms with Gasteiger partial charge in [-0.05, 0) is 31.7 Å². The maximum atomic E-state index is 12.3. The van der Waals surface area contributed by atoms with Crippen LogP contribution in [0.3, 0.4) is 0 Å². The van der Waals surface area contributed by atoms with Gasteiger partial charge in [0.2, 0.25) is 5.91 Å². The van der Waals surface area contributed by atoms with E-state index in [9.17, 15) is 14.7 Å². The molecule has 0 radical (unpaired) electrons. The van der Waals surface area contributed by atoms with E-state index in [-0.39, 0.29) is 11.8 Å². The van der Waals surface area contributed by atoms with Gasteiger partial charge in [0.15, 0.2) is 0 Å². The molecule has 1 aromatic carbocycles. The summed E-state index contributed by atoms with van der Waals surface area (Å²) in [5.74, 6) is -1.02. The van der Waals surface area contributed by atoms with Gasteiger partial charge in [0.25, 0.3) is 0 Å². The summed E-state index contributed by atoms with van der Waals surface area (Å²) in [4.78, 5) is 24.8. The number of hydrogen-bond acceptors (Lipinski definition) is 2. The monoisotopic (exact) mass is 277 g/mol. The number of aliphatic carboxylic acids is 1. The number of carboxylic acid groups (broad SMARTS) is 1. The van der Waals surface area contributed by atoms with Gasteiger partial charge in [0.1, 0.15) is 5.54 Å². The zero-order chi connectivity index (χ0) is 15.3. The molecule has 110 valence electrons. The second-order valence-corrected chi connectivity index (χ2v) is 5.54. The molecular formula is C16H23NO3. The van der Waals surface area contributed by atoms with Crippen LogP contribution in [0.25, 0.3) is 0 Å². The molecule has 0 heterocycles. The summed E-state index contributed by atoms with van der Waals surface area (Å²) in [6, 6.07) is 9.85. The molecule has 0 aliphatic carbocycles. The van der Waals surface area contributed by atoms with Crippen molar-refractivity contribution in [1.29, 1.82) is 0 Å². The standard InChI is InChI=1S/C16H23NO3/c1-5-12(13-9-7-6-8-10-13)11-14(18)17(4)16(2,3)15(19)20/h6-10,12H,5,11H2,1-4H3,(H,19,20). The third-order valence-electron chi connectivity index (χ3n) is 3.92. The van der Waals surface area contributed by atoms with E-state index < -0.39 is 11.5 Å². The maximum Gasteiger partial charge on any atom is 0.329 e. The first-order chi connectivity index (χ1) is 9.30. The fourth-order valence-corrected chi connectivity index (χ4v) is 2.03. The first-order valence-corrected chi connectivity index (χ1v) is 6.85. The summed E-state index contributed by atoms with van der Waals surface area (Å²) in [7, 11) is 1.55. The maximum absolute atomic E-state index is 12.3. The molecule has 0 saturated heterocycles. The number of likely N-dealkylation sites (N-methyl/N-ethyl adjacent to an activating group) is 1. The molecule has 0 aliphatic rings. The second kappa shape index (κ2) is 6.55. The van der Waals surface area contributed by atoms with Crippen LogP contribution in [-0.4, -0.2) is 34.5 Å². The lowest BCUT2D eigenvalue weighted by Crippen LogP contribution is -2.51. The van der Waals surface area contributed by atoms with Gasteiger partial charge in [0.05, 0.1) is 0 Å². The van der Waals surface area contributed by atoms with Gasteiger partial charge in [-0.15, -0.1) is 0 Å². The van der Waals surface area contributed by atoms with Crippen molar-refractivity contribution in [2.45, 2.75) is 45.1 Å². The molecular weight excluding hydrogens is 254 g/mol. The summed E-state index contributed by atoms with van der Waals surface area (Å²) in [5.41, 5.74) is -0.0728. The smallest absolute Gasteiger partial charge is 0.329 e. The van der Waals surface area contributed by atoms with Gasteiger partial charge >= 0.3 is 5.97 Å². The van der Waals surface area contributed by atoms with Gasteiger partial charge in [-0.2, -0.15) is 0 Å². The predicted molar refractivity (Wildman–Crippen MR) is 78.6 cm³/mol. The zero-order valence-corrected chi connectivity index (χ0v) is 12.6. The fraction of sp³-hybridized carbons (Fsp3) is 0.500. The van der Waals surface area contributed by atoms with Crippen molar-refractivity contribution in [1.82, 2.24) is 4.90 Å². The topological polar surface area (TPSA) is 57.6 Å². The Balaban J connectivity index is 2.81. The Kier molecular flexibility index (Phi) is 5.31. The number of nitrogens with zero attached hydrogens (tertiary/aromatic N) is 1. The van der Waals surface area contributed by atoms with E-state index in [0.717, 1.165) is 12.0 Å². The molecule has 0 saturated carbocycles. The first-order valence-electron chi connectivity index (χ1n) is 6.85. The summed E-state index contributed by atoms with van der Waals surface area (Å²) in [6.07, 6.45) is 1.17. The minimum absolute atomic E-state index is 0.121. The minimum atomic E-state index is -1.19. The highest BCUT2D eigenvalue weighted by Gasteiger charge is 2.35. The van der Waals surface area contributed by atoms with Crippen molar-refractivity contribution in [3.8, 4) is 0 Å². The number of carbonyl (C=O) groups is 2. The molecule has 20 heavy (non-hydrogen) atoms. The van der Waals surface area contributed by atoms with Crippen LogP contribution in [0.4, 0.5) is 0 Å². The number of carboxylic acids is 1. The van der Waals surface area contributed by atoms with Crippen molar-refractivity contribution in [3.63, 3.8) is 0 Å².